The third-order valence-corrected chi connectivity index (χ3v) is 7.12. The van der Waals surface area contributed by atoms with Crippen LogP contribution < -0.4 is 20.1 Å². The van der Waals surface area contributed by atoms with Crippen molar-refractivity contribution in [2.24, 2.45) is 13.0 Å². The molecule has 2 atom stereocenters. The molecule has 1 aliphatic rings. The highest BCUT2D eigenvalue weighted by Crippen LogP contribution is 2.38. The average molecular weight is 580 g/mol. The molecule has 1 saturated heterocycles. The Kier molecular flexibility index (Phi) is 8.57. The van der Waals surface area contributed by atoms with Gasteiger partial charge in [0.15, 0.2) is 34.7 Å². The maximum absolute atomic E-state index is 15.4. The molecule has 0 radical (unpaired) electrons. The van der Waals surface area contributed by atoms with Crippen LogP contribution in [0.4, 0.5) is 20.5 Å². The number of methoxy groups -OCH3 is 2. The molecule has 0 aliphatic carbocycles. The second-order valence-electron chi connectivity index (χ2n) is 9.90. The Morgan fingerprint density at radius 2 is 1.95 bits per heavy atom. The summed E-state index contributed by atoms with van der Waals surface area (Å²) >= 11 is 0. The van der Waals surface area contributed by atoms with E-state index < -0.39 is 17.2 Å². The summed E-state index contributed by atoms with van der Waals surface area (Å²) in [4.78, 5) is 25.8. The van der Waals surface area contributed by atoms with Gasteiger partial charge in [0.1, 0.15) is 5.52 Å². The molecule has 42 heavy (non-hydrogen) atoms. The highest BCUT2D eigenvalue weighted by molar-refractivity contribution is 5.92. The van der Waals surface area contributed by atoms with Crippen molar-refractivity contribution in [3.63, 3.8) is 0 Å². The van der Waals surface area contributed by atoms with Gasteiger partial charge in [-0.3, -0.25) is 9.48 Å². The number of hydrogen-bond donors (Lipinski definition) is 2. The number of carbonyl (C=O) groups excluding carboxylic acids is 1. The van der Waals surface area contributed by atoms with E-state index in [4.69, 9.17) is 19.2 Å². The minimum absolute atomic E-state index is 0.00335. The molecule has 4 heterocycles. The Hall–Kier alpha value is -4.65. The largest absolute Gasteiger partial charge is 0.494 e. The van der Waals surface area contributed by atoms with Gasteiger partial charge in [-0.2, -0.15) is 5.10 Å². The molecular weight excluding hydrogens is 548 g/mol. The number of hydrogen-bond acceptors (Lipinski definition) is 10. The number of rotatable bonds is 11. The number of allylic oxidation sites excluding steroid dienone is 1. The van der Waals surface area contributed by atoms with E-state index in [9.17, 15) is 4.79 Å². The van der Waals surface area contributed by atoms with Crippen LogP contribution in [0.5, 0.6) is 11.5 Å². The SMILES string of the molecule is C=CC(=O)C[C@H]1CCOC[C@H]1Nc1ncc2cc(-c3c(F)c(OC)cc(OC)c3F)nc(NCc3cnn(C)c3)c2n1. The van der Waals surface area contributed by atoms with Gasteiger partial charge in [0.05, 0.1) is 44.3 Å². The van der Waals surface area contributed by atoms with Gasteiger partial charge in [-0.25, -0.2) is 23.7 Å². The second-order valence-corrected chi connectivity index (χ2v) is 9.90. The van der Waals surface area contributed by atoms with Gasteiger partial charge >= 0.3 is 0 Å². The van der Waals surface area contributed by atoms with E-state index in [2.05, 4.69) is 32.3 Å². The van der Waals surface area contributed by atoms with Gasteiger partial charge in [0.2, 0.25) is 5.95 Å². The van der Waals surface area contributed by atoms with E-state index in [-0.39, 0.29) is 40.8 Å². The Labute approximate surface area is 240 Å². The minimum Gasteiger partial charge on any atom is -0.494 e. The van der Waals surface area contributed by atoms with Crippen molar-refractivity contribution in [2.75, 3.05) is 38.1 Å². The molecule has 0 saturated carbocycles. The Bertz CT molecular complexity index is 1600. The smallest absolute Gasteiger partial charge is 0.223 e. The molecule has 1 fully saturated rings. The second kappa shape index (κ2) is 12.5. The number of nitrogens with one attached hydrogen (secondary N) is 2. The fourth-order valence-electron chi connectivity index (χ4n) is 4.91. The lowest BCUT2D eigenvalue weighted by atomic mass is 9.90. The number of ketones is 1. The number of halogens is 2. The van der Waals surface area contributed by atoms with Gasteiger partial charge in [-0.05, 0) is 24.5 Å². The summed E-state index contributed by atoms with van der Waals surface area (Å²) in [5.41, 5.74) is 0.871. The number of pyridine rings is 1. The molecule has 220 valence electrons. The van der Waals surface area contributed by atoms with Crippen LogP contribution in [0.2, 0.25) is 0 Å². The molecular formula is C29H31F2N7O4. The molecule has 0 amide bonds. The zero-order valence-electron chi connectivity index (χ0n) is 23.5. The lowest BCUT2D eigenvalue weighted by Crippen LogP contribution is -2.40. The predicted octanol–water partition coefficient (Wildman–Crippen LogP) is 4.30. The summed E-state index contributed by atoms with van der Waals surface area (Å²) in [5, 5.41) is 11.2. The zero-order chi connectivity index (χ0) is 29.8. The van der Waals surface area contributed by atoms with Gasteiger partial charge in [0.25, 0.3) is 0 Å². The van der Waals surface area contributed by atoms with Crippen molar-refractivity contribution in [3.8, 4) is 22.8 Å². The third kappa shape index (κ3) is 6.00. The first-order chi connectivity index (χ1) is 20.3. The lowest BCUT2D eigenvalue weighted by Gasteiger charge is -2.31. The molecule has 0 spiro atoms. The molecule has 0 unspecified atom stereocenters. The minimum atomic E-state index is -0.919. The molecule has 2 N–H and O–H groups in total. The average Bonchev–Trinajstić information content (AvgIpc) is 3.42. The number of nitrogens with zero attached hydrogens (tertiary/aromatic N) is 5. The van der Waals surface area contributed by atoms with Crippen LogP contribution in [0.1, 0.15) is 18.4 Å². The number of aryl methyl sites for hydroxylation is 1. The van der Waals surface area contributed by atoms with Crippen LogP contribution in [-0.4, -0.2) is 64.0 Å². The number of carbonyl (C=O) groups is 1. The first-order valence-corrected chi connectivity index (χ1v) is 13.3. The van der Waals surface area contributed by atoms with Crippen LogP contribution in [0.3, 0.4) is 0 Å². The summed E-state index contributed by atoms with van der Waals surface area (Å²) in [7, 11) is 4.37. The van der Waals surface area contributed by atoms with Gasteiger partial charge in [-0.1, -0.05) is 6.58 Å². The van der Waals surface area contributed by atoms with Crippen LogP contribution in [0.25, 0.3) is 22.2 Å². The van der Waals surface area contributed by atoms with Crippen molar-refractivity contribution in [1.29, 1.82) is 0 Å². The van der Waals surface area contributed by atoms with Crippen LogP contribution in [0, 0.1) is 17.6 Å². The molecule has 4 aromatic rings. The van der Waals surface area contributed by atoms with Gasteiger partial charge in [0, 0.05) is 56.0 Å². The van der Waals surface area contributed by atoms with Crippen LogP contribution >= 0.6 is 0 Å². The zero-order valence-corrected chi connectivity index (χ0v) is 23.5. The van der Waals surface area contributed by atoms with Crippen molar-refractivity contribution >= 4 is 28.5 Å². The summed E-state index contributed by atoms with van der Waals surface area (Å²) in [6, 6.07) is 2.44. The molecule has 5 rings (SSSR count). The lowest BCUT2D eigenvalue weighted by molar-refractivity contribution is -0.116. The number of aromatic nitrogens is 5. The summed E-state index contributed by atoms with van der Waals surface area (Å²) in [5.74, 6) is -1.67. The Morgan fingerprint density at radius 1 is 1.19 bits per heavy atom. The first kappa shape index (κ1) is 28.9. The number of ether oxygens (including phenoxy) is 3. The molecule has 13 heteroatoms. The quantitative estimate of drug-likeness (QED) is 0.249. The van der Waals surface area contributed by atoms with Crippen molar-refractivity contribution in [1.82, 2.24) is 24.7 Å². The molecule has 3 aromatic heterocycles. The van der Waals surface area contributed by atoms with Crippen molar-refractivity contribution < 1.29 is 27.8 Å². The highest BCUT2D eigenvalue weighted by atomic mass is 19.1. The van der Waals surface area contributed by atoms with E-state index >= 15 is 8.78 Å². The number of benzene rings is 1. The van der Waals surface area contributed by atoms with Crippen molar-refractivity contribution in [3.05, 3.63) is 60.6 Å². The summed E-state index contributed by atoms with van der Waals surface area (Å²) < 4.78 is 48.4. The number of anilines is 2. The van der Waals surface area contributed by atoms with E-state index in [0.717, 1.165) is 11.6 Å². The first-order valence-electron chi connectivity index (χ1n) is 13.3. The molecule has 1 aromatic carbocycles. The molecule has 0 bridgehead atoms. The maximum atomic E-state index is 15.4. The van der Waals surface area contributed by atoms with Crippen LogP contribution in [-0.2, 0) is 23.1 Å². The van der Waals surface area contributed by atoms with Gasteiger partial charge < -0.3 is 24.8 Å². The van der Waals surface area contributed by atoms with E-state index in [1.807, 2.05) is 6.20 Å². The molecule has 11 nitrogen and oxygen atoms in total. The standard InChI is InChI=1S/C29H31F2N7O4/c1-5-19(39)8-17-6-7-42-15-21(17)36-29-33-13-18-9-20(24-25(30)22(40-3)10-23(41-4)26(24)31)35-28(27(18)37-29)32-11-16-12-34-38(2)14-16/h5,9-10,12-14,17,21H,1,6-8,11,15H2,2-4H3,(H,32,35)(H,33,36,37)/t17-,21-/m1/s1. The topological polar surface area (TPSA) is 125 Å². The Balaban J connectivity index is 1.57. The maximum Gasteiger partial charge on any atom is 0.223 e. The van der Waals surface area contributed by atoms with E-state index in [0.29, 0.717) is 49.5 Å². The van der Waals surface area contributed by atoms with Crippen molar-refractivity contribution in [2.45, 2.75) is 25.4 Å². The predicted molar refractivity (Wildman–Crippen MR) is 152 cm³/mol. The summed E-state index contributed by atoms with van der Waals surface area (Å²) in [6.07, 6.45) is 7.44. The normalized spacial score (nSPS) is 16.7. The fraction of sp³-hybridized carbons (Fsp3) is 0.345. The fourth-order valence-corrected chi connectivity index (χ4v) is 4.91. The van der Waals surface area contributed by atoms with Crippen LogP contribution in [0.15, 0.2) is 43.4 Å². The molecule has 1 aliphatic heterocycles. The van der Waals surface area contributed by atoms with E-state index in [1.54, 1.807) is 24.1 Å². The monoisotopic (exact) mass is 579 g/mol. The summed E-state index contributed by atoms with van der Waals surface area (Å²) in [6.45, 7) is 4.84. The van der Waals surface area contributed by atoms with E-state index in [1.165, 1.54) is 26.4 Å². The Morgan fingerprint density at radius 3 is 2.62 bits per heavy atom. The highest BCUT2D eigenvalue weighted by Gasteiger charge is 2.28. The number of fused-ring (bicyclic) bond motifs is 1. The van der Waals surface area contributed by atoms with Gasteiger partial charge in [-0.15, -0.1) is 0 Å². The third-order valence-electron chi connectivity index (χ3n) is 7.12.